The van der Waals surface area contributed by atoms with Gasteiger partial charge in [-0.15, -0.1) is 24.0 Å². The number of hydrogen-bond donors (Lipinski definition) is 2. The van der Waals surface area contributed by atoms with Gasteiger partial charge in [-0.1, -0.05) is 19.1 Å². The first kappa shape index (κ1) is 20.0. The van der Waals surface area contributed by atoms with Gasteiger partial charge in [0.2, 0.25) is 0 Å². The van der Waals surface area contributed by atoms with Gasteiger partial charge in [0.05, 0.1) is 13.2 Å². The molecule has 0 aromatic heterocycles. The third-order valence-corrected chi connectivity index (χ3v) is 3.68. The maximum absolute atomic E-state index is 5.55. The molecule has 1 aromatic carbocycles. The van der Waals surface area contributed by atoms with Crippen LogP contribution in [0.5, 0.6) is 5.75 Å². The summed E-state index contributed by atoms with van der Waals surface area (Å²) in [6.45, 7) is 7.04. The molecule has 1 fully saturated rings. The van der Waals surface area contributed by atoms with Crippen molar-refractivity contribution < 1.29 is 9.47 Å². The lowest BCUT2D eigenvalue weighted by Gasteiger charge is -2.11. The maximum Gasteiger partial charge on any atom is 0.191 e. The Morgan fingerprint density at radius 2 is 1.96 bits per heavy atom. The molecule has 1 aromatic rings. The molecule has 2 N–H and O–H groups in total. The van der Waals surface area contributed by atoms with E-state index in [1.165, 1.54) is 12.0 Å². The molecule has 0 radical (unpaired) electrons. The Bertz CT molecular complexity index is 479. The number of methoxy groups -OCH3 is 1. The SMILES string of the molecule is CCNC(=NCc1ccc(OCCOC)cc1)NC1CC1C.I. The topological polar surface area (TPSA) is 54.9 Å². The molecular weight excluding hydrogens is 405 g/mol. The summed E-state index contributed by atoms with van der Waals surface area (Å²) >= 11 is 0. The first-order chi connectivity index (χ1) is 10.7. The van der Waals surface area contributed by atoms with Crippen molar-refractivity contribution in [1.29, 1.82) is 0 Å². The van der Waals surface area contributed by atoms with E-state index in [2.05, 4.69) is 41.6 Å². The van der Waals surface area contributed by atoms with Crippen molar-refractivity contribution >= 4 is 29.9 Å². The number of halogens is 1. The van der Waals surface area contributed by atoms with Crippen molar-refractivity contribution in [2.24, 2.45) is 10.9 Å². The molecular formula is C17H28IN3O2. The van der Waals surface area contributed by atoms with Crippen molar-refractivity contribution in [2.75, 3.05) is 26.9 Å². The monoisotopic (exact) mass is 433 g/mol. The van der Waals surface area contributed by atoms with Crippen molar-refractivity contribution in [2.45, 2.75) is 32.9 Å². The predicted molar refractivity (Wildman–Crippen MR) is 105 cm³/mol. The molecule has 23 heavy (non-hydrogen) atoms. The summed E-state index contributed by atoms with van der Waals surface area (Å²) in [5.41, 5.74) is 1.17. The Morgan fingerprint density at radius 3 is 2.52 bits per heavy atom. The van der Waals surface area contributed by atoms with Gasteiger partial charge in [-0.25, -0.2) is 4.99 Å². The Labute approximate surface area is 156 Å². The quantitative estimate of drug-likeness (QED) is 0.287. The summed E-state index contributed by atoms with van der Waals surface area (Å²) in [7, 11) is 1.67. The molecule has 2 atom stereocenters. The lowest BCUT2D eigenvalue weighted by Crippen LogP contribution is -2.39. The minimum Gasteiger partial charge on any atom is -0.491 e. The van der Waals surface area contributed by atoms with Gasteiger partial charge in [-0.05, 0) is 37.0 Å². The Morgan fingerprint density at radius 1 is 1.26 bits per heavy atom. The Kier molecular flexibility index (Phi) is 9.31. The van der Waals surface area contributed by atoms with Crippen LogP contribution in [0.1, 0.15) is 25.8 Å². The molecule has 0 aliphatic heterocycles. The smallest absolute Gasteiger partial charge is 0.191 e. The number of aliphatic imine (C=N–C) groups is 1. The molecule has 0 bridgehead atoms. The normalized spacial score (nSPS) is 19.7. The highest BCUT2D eigenvalue weighted by Gasteiger charge is 2.33. The van der Waals surface area contributed by atoms with Crippen LogP contribution < -0.4 is 15.4 Å². The van der Waals surface area contributed by atoms with E-state index in [0.717, 1.165) is 24.2 Å². The van der Waals surface area contributed by atoms with Crippen LogP contribution in [0.15, 0.2) is 29.3 Å². The fraction of sp³-hybridized carbons (Fsp3) is 0.588. The molecule has 0 saturated heterocycles. The molecule has 1 aliphatic rings. The van der Waals surface area contributed by atoms with Crippen molar-refractivity contribution in [1.82, 2.24) is 10.6 Å². The highest BCUT2D eigenvalue weighted by molar-refractivity contribution is 14.0. The van der Waals surface area contributed by atoms with Crippen molar-refractivity contribution in [3.8, 4) is 5.75 Å². The van der Waals surface area contributed by atoms with Crippen LogP contribution in [0.25, 0.3) is 0 Å². The van der Waals surface area contributed by atoms with E-state index in [9.17, 15) is 0 Å². The average Bonchev–Trinajstić information content (AvgIpc) is 3.22. The number of guanidine groups is 1. The molecule has 0 amide bonds. The molecule has 0 heterocycles. The molecule has 6 heteroatoms. The number of rotatable bonds is 8. The Balaban J connectivity index is 0.00000264. The third-order valence-electron chi connectivity index (χ3n) is 3.68. The van der Waals surface area contributed by atoms with Crippen LogP contribution in [-0.4, -0.2) is 38.9 Å². The van der Waals surface area contributed by atoms with Crippen LogP contribution in [0, 0.1) is 5.92 Å². The maximum atomic E-state index is 5.55. The van der Waals surface area contributed by atoms with Crippen LogP contribution in [-0.2, 0) is 11.3 Å². The first-order valence-electron chi connectivity index (χ1n) is 7.98. The van der Waals surface area contributed by atoms with Gasteiger partial charge in [0.15, 0.2) is 5.96 Å². The fourth-order valence-corrected chi connectivity index (χ4v) is 2.12. The van der Waals surface area contributed by atoms with E-state index in [0.29, 0.717) is 25.8 Å². The molecule has 1 aliphatic carbocycles. The molecule has 2 rings (SSSR count). The van der Waals surface area contributed by atoms with Crippen LogP contribution >= 0.6 is 24.0 Å². The van der Waals surface area contributed by atoms with E-state index in [-0.39, 0.29) is 24.0 Å². The van der Waals surface area contributed by atoms with Gasteiger partial charge in [0, 0.05) is 19.7 Å². The van der Waals surface area contributed by atoms with Crippen LogP contribution in [0.3, 0.4) is 0 Å². The van der Waals surface area contributed by atoms with Gasteiger partial charge < -0.3 is 20.1 Å². The summed E-state index contributed by atoms with van der Waals surface area (Å²) < 4.78 is 10.5. The molecule has 130 valence electrons. The van der Waals surface area contributed by atoms with E-state index < -0.39 is 0 Å². The van der Waals surface area contributed by atoms with Gasteiger partial charge in [-0.3, -0.25) is 0 Å². The van der Waals surface area contributed by atoms with E-state index in [4.69, 9.17) is 9.47 Å². The lowest BCUT2D eigenvalue weighted by atomic mass is 10.2. The minimum absolute atomic E-state index is 0. The fourth-order valence-electron chi connectivity index (χ4n) is 2.12. The van der Waals surface area contributed by atoms with Gasteiger partial charge in [-0.2, -0.15) is 0 Å². The zero-order chi connectivity index (χ0) is 15.8. The molecule has 2 unspecified atom stereocenters. The van der Waals surface area contributed by atoms with E-state index in [1.54, 1.807) is 7.11 Å². The summed E-state index contributed by atoms with van der Waals surface area (Å²) in [6, 6.07) is 8.63. The van der Waals surface area contributed by atoms with Gasteiger partial charge in [0.25, 0.3) is 0 Å². The zero-order valence-electron chi connectivity index (χ0n) is 14.2. The van der Waals surface area contributed by atoms with E-state index >= 15 is 0 Å². The summed E-state index contributed by atoms with van der Waals surface area (Å²) in [6.07, 6.45) is 1.23. The predicted octanol–water partition coefficient (Wildman–Crippen LogP) is 2.79. The first-order valence-corrected chi connectivity index (χ1v) is 7.98. The van der Waals surface area contributed by atoms with E-state index in [1.807, 2.05) is 12.1 Å². The minimum atomic E-state index is 0. The lowest BCUT2D eigenvalue weighted by molar-refractivity contribution is 0.146. The average molecular weight is 433 g/mol. The van der Waals surface area contributed by atoms with Crippen molar-refractivity contribution in [3.05, 3.63) is 29.8 Å². The second kappa shape index (κ2) is 10.7. The van der Waals surface area contributed by atoms with Crippen LogP contribution in [0.4, 0.5) is 0 Å². The largest absolute Gasteiger partial charge is 0.491 e. The zero-order valence-corrected chi connectivity index (χ0v) is 16.5. The summed E-state index contributed by atoms with van der Waals surface area (Å²) in [4.78, 5) is 4.64. The Hall–Kier alpha value is -1.02. The summed E-state index contributed by atoms with van der Waals surface area (Å²) in [5, 5.41) is 6.75. The highest BCUT2D eigenvalue weighted by Crippen LogP contribution is 2.28. The second-order valence-electron chi connectivity index (χ2n) is 5.64. The number of ether oxygens (including phenoxy) is 2. The van der Waals surface area contributed by atoms with Gasteiger partial charge in [0.1, 0.15) is 12.4 Å². The number of hydrogen-bond acceptors (Lipinski definition) is 3. The number of benzene rings is 1. The summed E-state index contributed by atoms with van der Waals surface area (Å²) in [5.74, 6) is 2.52. The number of nitrogens with zero attached hydrogens (tertiary/aromatic N) is 1. The standard InChI is InChI=1S/C17H27N3O2.HI/c1-4-18-17(20-16-11-13(16)2)19-12-14-5-7-15(8-6-14)22-10-9-21-3;/h5-8,13,16H,4,9-12H2,1-3H3,(H2,18,19,20);1H. The highest BCUT2D eigenvalue weighted by atomic mass is 127. The van der Waals surface area contributed by atoms with Crippen molar-refractivity contribution in [3.63, 3.8) is 0 Å². The second-order valence-corrected chi connectivity index (χ2v) is 5.64. The van der Waals surface area contributed by atoms with Gasteiger partial charge >= 0.3 is 0 Å². The molecule has 5 nitrogen and oxygen atoms in total. The van der Waals surface area contributed by atoms with Crippen LogP contribution in [0.2, 0.25) is 0 Å². The number of nitrogens with one attached hydrogen (secondary N) is 2. The molecule has 0 spiro atoms. The third kappa shape index (κ3) is 7.39. The molecule has 1 saturated carbocycles.